The molecule has 2 aromatic heterocycles. The van der Waals surface area contributed by atoms with E-state index >= 15 is 0 Å². The van der Waals surface area contributed by atoms with Crippen LogP contribution in [0.15, 0.2) is 41.2 Å². The number of aryl methyl sites for hydroxylation is 1. The van der Waals surface area contributed by atoms with Crippen molar-refractivity contribution in [2.45, 2.75) is 46.2 Å². The molecule has 2 heterocycles. The van der Waals surface area contributed by atoms with E-state index in [1.807, 2.05) is 47.9 Å². The lowest BCUT2D eigenvalue weighted by atomic mass is 9.95. The lowest BCUT2D eigenvalue weighted by Gasteiger charge is -2.28. The zero-order valence-electron chi connectivity index (χ0n) is 19.2. The van der Waals surface area contributed by atoms with Crippen molar-refractivity contribution in [2.24, 2.45) is 5.92 Å². The van der Waals surface area contributed by atoms with Crippen molar-refractivity contribution in [3.63, 3.8) is 0 Å². The standard InChI is InChI=1S/C24H34ClN5O/c1-6-17(2)23(26-13-10-14-28(4)5)21-15-20-22(25)18(3)27-30(20)24(31)29(21)16-19-11-8-7-9-12-19/h7-9,11-12,15,17,23,26H,6,10,13-14,16H2,1-5H3/t17-,23-/m0/s1. The van der Waals surface area contributed by atoms with Crippen LogP contribution in [0.1, 0.15) is 49.7 Å². The van der Waals surface area contributed by atoms with Gasteiger partial charge in [-0.1, -0.05) is 62.2 Å². The Hall–Kier alpha value is -2.15. The lowest BCUT2D eigenvalue weighted by Crippen LogP contribution is -2.37. The zero-order valence-corrected chi connectivity index (χ0v) is 20.0. The van der Waals surface area contributed by atoms with Gasteiger partial charge in [0.25, 0.3) is 0 Å². The highest BCUT2D eigenvalue weighted by Gasteiger charge is 2.24. The van der Waals surface area contributed by atoms with Gasteiger partial charge in [0.15, 0.2) is 0 Å². The van der Waals surface area contributed by atoms with Gasteiger partial charge in [-0.3, -0.25) is 4.57 Å². The van der Waals surface area contributed by atoms with E-state index in [4.69, 9.17) is 11.6 Å². The normalized spacial score (nSPS) is 13.8. The maximum Gasteiger partial charge on any atom is 0.349 e. The summed E-state index contributed by atoms with van der Waals surface area (Å²) in [4.78, 5) is 15.7. The number of fused-ring (bicyclic) bond motifs is 1. The third-order valence-corrected chi connectivity index (χ3v) is 6.36. The van der Waals surface area contributed by atoms with E-state index in [0.717, 1.165) is 37.2 Å². The molecule has 0 saturated heterocycles. The minimum Gasteiger partial charge on any atom is -0.309 e. The van der Waals surface area contributed by atoms with Crippen LogP contribution in [0, 0.1) is 12.8 Å². The van der Waals surface area contributed by atoms with Gasteiger partial charge < -0.3 is 10.2 Å². The molecule has 0 amide bonds. The summed E-state index contributed by atoms with van der Waals surface area (Å²) in [6.45, 7) is 8.64. The molecule has 2 atom stereocenters. The maximum absolute atomic E-state index is 13.5. The van der Waals surface area contributed by atoms with Crippen molar-refractivity contribution >= 4 is 17.1 Å². The van der Waals surface area contributed by atoms with Gasteiger partial charge >= 0.3 is 5.69 Å². The van der Waals surface area contributed by atoms with Gasteiger partial charge in [0.05, 0.1) is 28.8 Å². The summed E-state index contributed by atoms with van der Waals surface area (Å²) in [6.07, 6.45) is 2.04. The SMILES string of the molecule is CC[C@H](C)[C@H](NCCCN(C)C)c1cc2c(Cl)c(C)nn2c(=O)n1Cc1ccccc1. The van der Waals surface area contributed by atoms with Crippen molar-refractivity contribution in [1.29, 1.82) is 0 Å². The van der Waals surface area contributed by atoms with Crippen LogP contribution in [0.25, 0.3) is 5.52 Å². The highest BCUT2D eigenvalue weighted by molar-refractivity contribution is 6.34. The smallest absolute Gasteiger partial charge is 0.309 e. The number of hydrogen-bond donors (Lipinski definition) is 1. The zero-order chi connectivity index (χ0) is 22.5. The molecule has 0 aliphatic carbocycles. The number of hydrogen-bond acceptors (Lipinski definition) is 4. The molecule has 0 saturated carbocycles. The Morgan fingerprint density at radius 2 is 1.94 bits per heavy atom. The summed E-state index contributed by atoms with van der Waals surface area (Å²) in [6, 6.07) is 12.2. The lowest BCUT2D eigenvalue weighted by molar-refractivity contribution is 0.336. The highest BCUT2D eigenvalue weighted by Crippen LogP contribution is 2.28. The first-order valence-corrected chi connectivity index (χ1v) is 11.4. The van der Waals surface area contributed by atoms with Crippen molar-refractivity contribution in [3.05, 3.63) is 68.9 Å². The van der Waals surface area contributed by atoms with E-state index in [1.54, 1.807) is 0 Å². The molecule has 1 aromatic carbocycles. The molecular formula is C24H34ClN5O. The predicted molar refractivity (Wildman–Crippen MR) is 128 cm³/mol. The molecule has 1 N–H and O–H groups in total. The Bertz CT molecular complexity index is 1060. The highest BCUT2D eigenvalue weighted by atomic mass is 35.5. The molecule has 0 aliphatic rings. The third-order valence-electron chi connectivity index (χ3n) is 5.89. The van der Waals surface area contributed by atoms with Crippen LogP contribution in [0.2, 0.25) is 5.02 Å². The van der Waals surface area contributed by atoms with Gasteiger partial charge in [0.1, 0.15) is 0 Å². The fraction of sp³-hybridized carbons (Fsp3) is 0.500. The van der Waals surface area contributed by atoms with E-state index in [2.05, 4.69) is 43.3 Å². The van der Waals surface area contributed by atoms with E-state index in [-0.39, 0.29) is 11.7 Å². The van der Waals surface area contributed by atoms with Gasteiger partial charge in [-0.2, -0.15) is 9.61 Å². The number of benzene rings is 1. The van der Waals surface area contributed by atoms with E-state index in [9.17, 15) is 4.79 Å². The molecule has 3 rings (SSSR count). The van der Waals surface area contributed by atoms with Crippen molar-refractivity contribution < 1.29 is 0 Å². The molecule has 0 fully saturated rings. The predicted octanol–water partition coefficient (Wildman–Crippen LogP) is 4.13. The number of nitrogens with one attached hydrogen (secondary N) is 1. The topological polar surface area (TPSA) is 54.6 Å². The Balaban J connectivity index is 2.10. The van der Waals surface area contributed by atoms with Crippen molar-refractivity contribution in [3.8, 4) is 0 Å². The molecule has 0 aliphatic heterocycles. The fourth-order valence-electron chi connectivity index (χ4n) is 3.91. The summed E-state index contributed by atoms with van der Waals surface area (Å²) < 4.78 is 3.28. The largest absolute Gasteiger partial charge is 0.349 e. The number of aromatic nitrogens is 3. The first kappa shape index (κ1) is 23.5. The minimum absolute atomic E-state index is 0.0415. The molecule has 0 unspecified atom stereocenters. The van der Waals surface area contributed by atoms with Crippen LogP contribution in [-0.2, 0) is 6.54 Å². The fourth-order valence-corrected chi connectivity index (χ4v) is 4.08. The monoisotopic (exact) mass is 443 g/mol. The van der Waals surface area contributed by atoms with Gasteiger partial charge in [0, 0.05) is 5.69 Å². The summed E-state index contributed by atoms with van der Waals surface area (Å²) >= 11 is 6.52. The molecule has 3 aromatic rings. The second-order valence-electron chi connectivity index (χ2n) is 8.59. The maximum atomic E-state index is 13.5. The van der Waals surface area contributed by atoms with Crippen LogP contribution in [0.5, 0.6) is 0 Å². The Morgan fingerprint density at radius 3 is 2.58 bits per heavy atom. The molecule has 31 heavy (non-hydrogen) atoms. The third kappa shape index (κ3) is 5.37. The Kier molecular flexibility index (Phi) is 7.92. The molecule has 0 radical (unpaired) electrons. The molecule has 6 nitrogen and oxygen atoms in total. The van der Waals surface area contributed by atoms with Gasteiger partial charge in [-0.25, -0.2) is 4.79 Å². The molecule has 0 bridgehead atoms. The van der Waals surface area contributed by atoms with Crippen molar-refractivity contribution in [2.75, 3.05) is 27.2 Å². The quantitative estimate of drug-likeness (QED) is 0.478. The van der Waals surface area contributed by atoms with Crippen LogP contribution in [0.4, 0.5) is 0 Å². The number of rotatable bonds is 10. The minimum atomic E-state index is -0.158. The second kappa shape index (κ2) is 10.4. The Labute approximate surface area is 189 Å². The van der Waals surface area contributed by atoms with Crippen LogP contribution in [-0.4, -0.2) is 46.3 Å². The number of halogens is 1. The average Bonchev–Trinajstić information content (AvgIpc) is 3.04. The molecule has 0 spiro atoms. The molecule has 168 valence electrons. The van der Waals surface area contributed by atoms with Crippen LogP contribution in [0.3, 0.4) is 0 Å². The summed E-state index contributed by atoms with van der Waals surface area (Å²) in [5.41, 5.74) is 3.22. The van der Waals surface area contributed by atoms with E-state index < -0.39 is 0 Å². The molecule has 7 heteroatoms. The second-order valence-corrected chi connectivity index (χ2v) is 8.97. The summed E-state index contributed by atoms with van der Waals surface area (Å²) in [5, 5.41) is 8.67. The summed E-state index contributed by atoms with van der Waals surface area (Å²) in [7, 11) is 4.17. The van der Waals surface area contributed by atoms with Crippen LogP contribution < -0.4 is 11.0 Å². The van der Waals surface area contributed by atoms with E-state index in [0.29, 0.717) is 28.7 Å². The first-order valence-electron chi connectivity index (χ1n) is 11.0. The van der Waals surface area contributed by atoms with Crippen LogP contribution >= 0.6 is 11.6 Å². The number of nitrogens with zero attached hydrogens (tertiary/aromatic N) is 4. The first-order chi connectivity index (χ1) is 14.8. The van der Waals surface area contributed by atoms with Gasteiger partial charge in [-0.05, 0) is 58.1 Å². The molecular weight excluding hydrogens is 410 g/mol. The van der Waals surface area contributed by atoms with E-state index in [1.165, 1.54) is 4.52 Å². The van der Waals surface area contributed by atoms with Gasteiger partial charge in [-0.15, -0.1) is 0 Å². The van der Waals surface area contributed by atoms with Gasteiger partial charge in [0.2, 0.25) is 0 Å². The Morgan fingerprint density at radius 1 is 1.23 bits per heavy atom. The van der Waals surface area contributed by atoms with Crippen molar-refractivity contribution in [1.82, 2.24) is 24.4 Å². The summed E-state index contributed by atoms with van der Waals surface area (Å²) in [5.74, 6) is 0.353. The average molecular weight is 444 g/mol.